The van der Waals surface area contributed by atoms with Gasteiger partial charge in [-0.15, -0.1) is 0 Å². The van der Waals surface area contributed by atoms with Crippen molar-refractivity contribution in [3.63, 3.8) is 0 Å². The van der Waals surface area contributed by atoms with Crippen molar-refractivity contribution in [3.8, 4) is 11.8 Å². The van der Waals surface area contributed by atoms with E-state index in [-0.39, 0.29) is 11.2 Å². The van der Waals surface area contributed by atoms with Gasteiger partial charge in [0.15, 0.2) is 0 Å². The lowest BCUT2D eigenvalue weighted by atomic mass is 9.48. The molecule has 3 nitrogen and oxygen atoms in total. The average Bonchev–Trinajstić information content (AvgIpc) is 2.45. The lowest BCUT2D eigenvalue weighted by molar-refractivity contribution is -0.0579. The average molecular weight is 293 g/mol. The number of hydrogen-bond donors (Lipinski definition) is 0. The molecular formula is C16H17F2NO2. The van der Waals surface area contributed by atoms with Crippen molar-refractivity contribution in [1.82, 2.24) is 0 Å². The fourth-order valence-corrected chi connectivity index (χ4v) is 3.69. The number of ether oxygens (including phenoxy) is 2. The highest BCUT2D eigenvalue weighted by Crippen LogP contribution is 2.60. The first-order chi connectivity index (χ1) is 10.1. The summed E-state index contributed by atoms with van der Waals surface area (Å²) in [6, 6.07) is 8.91. The lowest BCUT2D eigenvalue weighted by Gasteiger charge is -2.55. The van der Waals surface area contributed by atoms with Crippen molar-refractivity contribution in [1.29, 1.82) is 5.26 Å². The monoisotopic (exact) mass is 293 g/mol. The Labute approximate surface area is 122 Å². The van der Waals surface area contributed by atoms with E-state index >= 15 is 0 Å². The van der Waals surface area contributed by atoms with E-state index in [1.54, 1.807) is 12.1 Å². The zero-order valence-corrected chi connectivity index (χ0v) is 11.6. The number of hydrogen-bond acceptors (Lipinski definition) is 3. The molecule has 0 aromatic heterocycles. The summed E-state index contributed by atoms with van der Waals surface area (Å²) >= 11 is 0. The third-order valence-corrected chi connectivity index (χ3v) is 4.75. The smallest absolute Gasteiger partial charge is 0.387 e. The Hall–Kier alpha value is -1.67. The van der Waals surface area contributed by atoms with Gasteiger partial charge in [-0.3, -0.25) is 0 Å². The van der Waals surface area contributed by atoms with E-state index in [1.807, 2.05) is 0 Å². The minimum Gasteiger partial charge on any atom is -0.435 e. The van der Waals surface area contributed by atoms with E-state index in [2.05, 4.69) is 10.8 Å². The van der Waals surface area contributed by atoms with Crippen molar-refractivity contribution in [3.05, 3.63) is 29.8 Å². The molecule has 1 spiro atoms. The van der Waals surface area contributed by atoms with Crippen LogP contribution in [0, 0.1) is 16.7 Å². The predicted molar refractivity (Wildman–Crippen MR) is 72.1 cm³/mol. The summed E-state index contributed by atoms with van der Waals surface area (Å²) in [5.74, 6) is 0.127. The first-order valence-electron chi connectivity index (χ1n) is 7.12. The molecule has 5 heteroatoms. The van der Waals surface area contributed by atoms with Gasteiger partial charge in [0.25, 0.3) is 0 Å². The number of nitriles is 1. The zero-order valence-electron chi connectivity index (χ0n) is 11.6. The van der Waals surface area contributed by atoms with Gasteiger partial charge >= 0.3 is 6.61 Å². The lowest BCUT2D eigenvalue weighted by Crippen LogP contribution is -2.51. The van der Waals surface area contributed by atoms with E-state index < -0.39 is 12.0 Å². The van der Waals surface area contributed by atoms with Crippen LogP contribution < -0.4 is 4.74 Å². The molecule has 1 saturated heterocycles. The molecule has 1 heterocycles. The fraction of sp³-hybridized carbons (Fsp3) is 0.562. The topological polar surface area (TPSA) is 42.2 Å². The zero-order chi connectivity index (χ0) is 14.9. The van der Waals surface area contributed by atoms with Crippen LogP contribution in [0.1, 0.15) is 31.2 Å². The highest BCUT2D eigenvalue weighted by Gasteiger charge is 2.55. The number of rotatable bonds is 3. The first kappa shape index (κ1) is 14.3. The molecule has 112 valence electrons. The third-order valence-electron chi connectivity index (χ3n) is 4.75. The van der Waals surface area contributed by atoms with Crippen LogP contribution in [-0.2, 0) is 10.2 Å². The van der Waals surface area contributed by atoms with E-state index in [0.717, 1.165) is 44.5 Å². The third kappa shape index (κ3) is 2.60. The highest BCUT2D eigenvalue weighted by molar-refractivity contribution is 5.40. The second-order valence-corrected chi connectivity index (χ2v) is 6.06. The summed E-state index contributed by atoms with van der Waals surface area (Å²) in [5, 5.41) is 9.59. The summed E-state index contributed by atoms with van der Waals surface area (Å²) in [5.41, 5.74) is 0.635. The van der Waals surface area contributed by atoms with Crippen LogP contribution in [0.2, 0.25) is 0 Å². The molecule has 0 atom stereocenters. The number of nitrogens with zero attached hydrogens (tertiary/aromatic N) is 1. The molecule has 21 heavy (non-hydrogen) atoms. The quantitative estimate of drug-likeness (QED) is 0.854. The standard InChI is InChI=1S/C16H17F2NO2/c17-14(18)21-13-3-1-12(2-4-13)16(11-19)9-15(10-16)5-7-20-8-6-15/h1-4,14H,5-10H2. The molecule has 0 N–H and O–H groups in total. The molecular weight excluding hydrogens is 276 g/mol. The Kier molecular flexibility index (Phi) is 3.58. The van der Waals surface area contributed by atoms with Gasteiger partial charge in [-0.1, -0.05) is 12.1 Å². The van der Waals surface area contributed by atoms with Gasteiger partial charge in [0.2, 0.25) is 0 Å². The van der Waals surface area contributed by atoms with Crippen LogP contribution in [0.25, 0.3) is 0 Å². The maximum absolute atomic E-state index is 12.2. The van der Waals surface area contributed by atoms with E-state index in [0.29, 0.717) is 0 Å². The fourth-order valence-electron chi connectivity index (χ4n) is 3.69. The van der Waals surface area contributed by atoms with Crippen molar-refractivity contribution in [2.45, 2.75) is 37.7 Å². The normalized spacial score (nSPS) is 22.6. The van der Waals surface area contributed by atoms with Gasteiger partial charge in [0.1, 0.15) is 5.75 Å². The number of alkyl halides is 2. The molecule has 2 fully saturated rings. The Balaban J connectivity index is 1.74. The van der Waals surface area contributed by atoms with Crippen molar-refractivity contribution in [2.24, 2.45) is 5.41 Å². The molecule has 1 aliphatic carbocycles. The summed E-state index contributed by atoms with van der Waals surface area (Å²) < 4.78 is 34.0. The molecule has 0 amide bonds. The van der Waals surface area contributed by atoms with Crippen LogP contribution in [0.15, 0.2) is 24.3 Å². The molecule has 1 saturated carbocycles. The van der Waals surface area contributed by atoms with Gasteiger partial charge in [0.05, 0.1) is 11.5 Å². The van der Waals surface area contributed by atoms with E-state index in [1.165, 1.54) is 12.1 Å². The minimum atomic E-state index is -2.82. The maximum atomic E-state index is 12.2. The molecule has 3 rings (SSSR count). The Morgan fingerprint density at radius 2 is 1.76 bits per heavy atom. The van der Waals surface area contributed by atoms with Crippen LogP contribution in [0.3, 0.4) is 0 Å². The molecule has 2 aliphatic rings. The molecule has 0 bridgehead atoms. The SMILES string of the molecule is N#CC1(c2ccc(OC(F)F)cc2)CC2(CCOCC2)C1. The highest BCUT2D eigenvalue weighted by atomic mass is 19.3. The Morgan fingerprint density at radius 3 is 2.29 bits per heavy atom. The van der Waals surface area contributed by atoms with Crippen molar-refractivity contribution >= 4 is 0 Å². The van der Waals surface area contributed by atoms with Crippen molar-refractivity contribution < 1.29 is 18.3 Å². The van der Waals surface area contributed by atoms with Gasteiger partial charge in [-0.25, -0.2) is 0 Å². The molecule has 0 unspecified atom stereocenters. The number of benzene rings is 1. The Morgan fingerprint density at radius 1 is 1.14 bits per heavy atom. The van der Waals surface area contributed by atoms with Gasteiger partial charge < -0.3 is 9.47 Å². The summed E-state index contributed by atoms with van der Waals surface area (Å²) in [6.07, 6.45) is 3.66. The maximum Gasteiger partial charge on any atom is 0.387 e. The van der Waals surface area contributed by atoms with Crippen molar-refractivity contribution in [2.75, 3.05) is 13.2 Å². The van der Waals surface area contributed by atoms with Crippen LogP contribution >= 0.6 is 0 Å². The molecule has 1 aromatic rings. The predicted octanol–water partition coefficient (Wildman–Crippen LogP) is 3.64. The summed E-state index contributed by atoms with van der Waals surface area (Å²) in [6.45, 7) is -1.29. The van der Waals surface area contributed by atoms with Gasteiger partial charge in [0, 0.05) is 13.2 Å². The molecule has 1 aliphatic heterocycles. The van der Waals surface area contributed by atoms with Crippen LogP contribution in [0.4, 0.5) is 8.78 Å². The first-order valence-corrected chi connectivity index (χ1v) is 7.12. The second-order valence-electron chi connectivity index (χ2n) is 6.06. The van der Waals surface area contributed by atoms with Gasteiger partial charge in [-0.05, 0) is 48.8 Å². The largest absolute Gasteiger partial charge is 0.435 e. The summed E-state index contributed by atoms with van der Waals surface area (Å²) in [4.78, 5) is 0. The summed E-state index contributed by atoms with van der Waals surface area (Å²) in [7, 11) is 0. The van der Waals surface area contributed by atoms with Gasteiger partial charge in [-0.2, -0.15) is 14.0 Å². The number of halogens is 2. The Bertz CT molecular complexity index is 536. The van der Waals surface area contributed by atoms with Crippen LogP contribution in [-0.4, -0.2) is 19.8 Å². The van der Waals surface area contributed by atoms with E-state index in [4.69, 9.17) is 4.74 Å². The van der Waals surface area contributed by atoms with E-state index in [9.17, 15) is 14.0 Å². The second kappa shape index (κ2) is 5.27. The minimum absolute atomic E-state index is 0.127. The molecule has 0 radical (unpaired) electrons. The van der Waals surface area contributed by atoms with Crippen LogP contribution in [0.5, 0.6) is 5.75 Å². The molecule has 1 aromatic carbocycles.